The van der Waals surface area contributed by atoms with Crippen LogP contribution < -0.4 is 10.6 Å². The van der Waals surface area contributed by atoms with Crippen LogP contribution in [0.1, 0.15) is 26.2 Å². The van der Waals surface area contributed by atoms with Gasteiger partial charge in [0.15, 0.2) is 10.7 Å². The Morgan fingerprint density at radius 3 is 2.88 bits per heavy atom. The van der Waals surface area contributed by atoms with Crippen molar-refractivity contribution in [2.45, 2.75) is 26.2 Å². The molecule has 0 aliphatic heterocycles. The molecule has 1 aromatic heterocycles. The molecule has 2 aromatic carbocycles. The zero-order chi connectivity index (χ0) is 18.5. The van der Waals surface area contributed by atoms with E-state index in [1.165, 1.54) is 0 Å². The summed E-state index contributed by atoms with van der Waals surface area (Å²) in [6, 6.07) is 13.3. The Kier molecular flexibility index (Phi) is 6.00. The summed E-state index contributed by atoms with van der Waals surface area (Å²) in [6.07, 6.45) is 2.28. The van der Waals surface area contributed by atoms with Gasteiger partial charge in [-0.15, -0.1) is 0 Å². The van der Waals surface area contributed by atoms with Gasteiger partial charge in [-0.1, -0.05) is 35.3 Å². The van der Waals surface area contributed by atoms with E-state index in [-0.39, 0.29) is 11.0 Å². The van der Waals surface area contributed by atoms with Crippen LogP contribution in [-0.2, 0) is 4.79 Å². The van der Waals surface area contributed by atoms with Crippen molar-refractivity contribution in [2.75, 3.05) is 5.32 Å². The van der Waals surface area contributed by atoms with Crippen molar-refractivity contribution >= 4 is 56.0 Å². The second-order valence-electron chi connectivity index (χ2n) is 5.82. The molecular formula is C19H18BrN3O2S. The Labute approximate surface area is 165 Å². The monoisotopic (exact) mass is 431 g/mol. The summed E-state index contributed by atoms with van der Waals surface area (Å²) < 4.78 is 6.78. The molecule has 7 heteroatoms. The molecule has 0 fully saturated rings. The molecule has 0 spiro atoms. The smallest absolute Gasteiger partial charge is 0.227 e. The average molecular weight is 432 g/mol. The number of hydrogen-bond donors (Lipinski definition) is 2. The largest absolute Gasteiger partial charge is 0.436 e. The standard InChI is InChI=1S/C19H18BrN3O2S/c1-2-3-7-17(24)23-19(26)21-14-8-9-16-15(11-14)22-18(25-16)12-5-4-6-13(20)10-12/h4-6,8-11H,2-3,7H2,1H3,(H2,21,23,24,26). The van der Waals surface area contributed by atoms with Crippen LogP contribution in [0.4, 0.5) is 5.69 Å². The highest BCUT2D eigenvalue weighted by molar-refractivity contribution is 9.10. The fraction of sp³-hybridized carbons (Fsp3) is 0.211. The highest BCUT2D eigenvalue weighted by atomic mass is 79.9. The van der Waals surface area contributed by atoms with E-state index >= 15 is 0 Å². The lowest BCUT2D eigenvalue weighted by atomic mass is 10.2. The molecule has 0 bridgehead atoms. The van der Waals surface area contributed by atoms with Gasteiger partial charge in [-0.25, -0.2) is 4.98 Å². The van der Waals surface area contributed by atoms with Crippen LogP contribution in [0.15, 0.2) is 51.4 Å². The van der Waals surface area contributed by atoms with Gasteiger partial charge in [-0.2, -0.15) is 0 Å². The number of carbonyl (C=O) groups excluding carboxylic acids is 1. The molecule has 0 unspecified atom stereocenters. The minimum atomic E-state index is -0.0798. The molecule has 5 nitrogen and oxygen atoms in total. The van der Waals surface area contributed by atoms with Crippen LogP contribution >= 0.6 is 28.1 Å². The summed E-state index contributed by atoms with van der Waals surface area (Å²) in [5.74, 6) is 0.470. The van der Waals surface area contributed by atoms with Crippen molar-refractivity contribution in [1.82, 2.24) is 10.3 Å². The first-order valence-electron chi connectivity index (χ1n) is 8.32. The van der Waals surface area contributed by atoms with Gasteiger partial charge < -0.3 is 15.1 Å². The highest BCUT2D eigenvalue weighted by Gasteiger charge is 2.10. The summed E-state index contributed by atoms with van der Waals surface area (Å²) in [7, 11) is 0. The molecule has 3 aromatic rings. The molecule has 26 heavy (non-hydrogen) atoms. The molecule has 0 radical (unpaired) electrons. The zero-order valence-corrected chi connectivity index (χ0v) is 16.6. The molecule has 1 heterocycles. The Balaban J connectivity index is 1.73. The summed E-state index contributed by atoms with van der Waals surface area (Å²) in [5.41, 5.74) is 3.03. The first-order chi connectivity index (χ1) is 12.5. The highest BCUT2D eigenvalue weighted by Crippen LogP contribution is 2.27. The van der Waals surface area contributed by atoms with Crippen LogP contribution in [0.25, 0.3) is 22.6 Å². The number of amides is 1. The molecule has 1 amide bonds. The van der Waals surface area contributed by atoms with E-state index < -0.39 is 0 Å². The summed E-state index contributed by atoms with van der Waals surface area (Å²) >= 11 is 8.64. The Bertz CT molecular complexity index is 955. The number of nitrogens with zero attached hydrogens (tertiary/aromatic N) is 1. The summed E-state index contributed by atoms with van der Waals surface area (Å²) in [5, 5.41) is 5.97. The van der Waals surface area contributed by atoms with Gasteiger partial charge in [0.2, 0.25) is 11.8 Å². The fourth-order valence-electron chi connectivity index (χ4n) is 2.44. The van der Waals surface area contributed by atoms with Crippen LogP contribution in [0.2, 0.25) is 0 Å². The maximum absolute atomic E-state index is 11.7. The van der Waals surface area contributed by atoms with Crippen LogP contribution in [0.3, 0.4) is 0 Å². The third-order valence-corrected chi connectivity index (χ3v) is 4.42. The predicted molar refractivity (Wildman–Crippen MR) is 111 cm³/mol. The maximum atomic E-state index is 11.7. The minimum Gasteiger partial charge on any atom is -0.436 e. The Morgan fingerprint density at radius 2 is 2.12 bits per heavy atom. The number of halogens is 1. The number of benzene rings is 2. The third kappa shape index (κ3) is 4.68. The fourth-order valence-corrected chi connectivity index (χ4v) is 3.07. The topological polar surface area (TPSA) is 67.2 Å². The van der Waals surface area contributed by atoms with Gasteiger partial charge >= 0.3 is 0 Å². The van der Waals surface area contributed by atoms with E-state index in [0.29, 0.717) is 23.4 Å². The van der Waals surface area contributed by atoms with Crippen LogP contribution in [0, 0.1) is 0 Å². The summed E-state index contributed by atoms with van der Waals surface area (Å²) in [4.78, 5) is 16.3. The number of rotatable bonds is 5. The first kappa shape index (κ1) is 18.5. The molecule has 0 aliphatic rings. The van der Waals surface area contributed by atoms with Gasteiger partial charge in [-0.3, -0.25) is 4.79 Å². The zero-order valence-electron chi connectivity index (χ0n) is 14.2. The maximum Gasteiger partial charge on any atom is 0.227 e. The number of aromatic nitrogens is 1. The first-order valence-corrected chi connectivity index (χ1v) is 9.52. The molecule has 0 aliphatic carbocycles. The molecule has 134 valence electrons. The molecular weight excluding hydrogens is 414 g/mol. The lowest BCUT2D eigenvalue weighted by Crippen LogP contribution is -2.33. The SMILES string of the molecule is CCCCC(=O)NC(=S)Nc1ccc2oc(-c3cccc(Br)c3)nc2c1. The number of carbonyl (C=O) groups is 1. The number of anilines is 1. The minimum absolute atomic E-state index is 0.0798. The lowest BCUT2D eigenvalue weighted by molar-refractivity contribution is -0.119. The Hall–Kier alpha value is -2.25. The number of unbranched alkanes of at least 4 members (excludes halogenated alkanes) is 1. The number of thiocarbonyl (C=S) groups is 1. The number of oxazole rings is 1. The van der Waals surface area contributed by atoms with E-state index in [1.807, 2.05) is 49.4 Å². The average Bonchev–Trinajstić information content (AvgIpc) is 3.03. The van der Waals surface area contributed by atoms with Crippen molar-refractivity contribution in [2.24, 2.45) is 0 Å². The van der Waals surface area contributed by atoms with E-state index in [9.17, 15) is 4.79 Å². The molecule has 0 saturated carbocycles. The van der Waals surface area contributed by atoms with Gasteiger partial charge in [0.25, 0.3) is 0 Å². The predicted octanol–water partition coefficient (Wildman–Crippen LogP) is 5.26. The number of hydrogen-bond acceptors (Lipinski definition) is 4. The van der Waals surface area contributed by atoms with Gasteiger partial charge in [0.05, 0.1) is 0 Å². The molecule has 2 N–H and O–H groups in total. The third-order valence-electron chi connectivity index (χ3n) is 3.73. The van der Waals surface area contributed by atoms with Crippen molar-refractivity contribution in [3.8, 4) is 11.5 Å². The Morgan fingerprint density at radius 1 is 1.27 bits per heavy atom. The van der Waals surface area contributed by atoms with Gasteiger partial charge in [-0.05, 0) is 55.0 Å². The second-order valence-corrected chi connectivity index (χ2v) is 7.14. The van der Waals surface area contributed by atoms with Crippen molar-refractivity contribution in [3.63, 3.8) is 0 Å². The van der Waals surface area contributed by atoms with Crippen LogP contribution in [0.5, 0.6) is 0 Å². The normalized spacial score (nSPS) is 10.7. The van der Waals surface area contributed by atoms with E-state index in [0.717, 1.165) is 28.6 Å². The number of nitrogens with one attached hydrogen (secondary N) is 2. The van der Waals surface area contributed by atoms with Crippen molar-refractivity contribution in [3.05, 3.63) is 46.9 Å². The summed E-state index contributed by atoms with van der Waals surface area (Å²) in [6.45, 7) is 2.04. The van der Waals surface area contributed by atoms with Crippen molar-refractivity contribution in [1.29, 1.82) is 0 Å². The van der Waals surface area contributed by atoms with E-state index in [4.69, 9.17) is 16.6 Å². The van der Waals surface area contributed by atoms with Crippen molar-refractivity contribution < 1.29 is 9.21 Å². The molecule has 0 saturated heterocycles. The van der Waals surface area contributed by atoms with Gasteiger partial charge in [0, 0.05) is 22.1 Å². The number of fused-ring (bicyclic) bond motifs is 1. The van der Waals surface area contributed by atoms with Gasteiger partial charge in [0.1, 0.15) is 5.52 Å². The second kappa shape index (κ2) is 8.42. The lowest BCUT2D eigenvalue weighted by Gasteiger charge is -2.09. The van der Waals surface area contributed by atoms with E-state index in [2.05, 4.69) is 31.5 Å². The quantitative estimate of drug-likeness (QED) is 0.539. The van der Waals surface area contributed by atoms with E-state index in [1.54, 1.807) is 0 Å². The molecule has 3 rings (SSSR count). The van der Waals surface area contributed by atoms with Crippen LogP contribution in [-0.4, -0.2) is 16.0 Å². The molecule has 0 atom stereocenters.